The summed E-state index contributed by atoms with van der Waals surface area (Å²) in [4.78, 5) is 2.79. The molecule has 0 aromatic carbocycles. The van der Waals surface area contributed by atoms with Crippen LogP contribution in [0.3, 0.4) is 0 Å². The highest BCUT2D eigenvalue weighted by atomic mass is 32.1. The molecule has 1 N–H and O–H groups in total. The van der Waals surface area contributed by atoms with Crippen LogP contribution in [0, 0.1) is 0 Å². The smallest absolute Gasteiger partial charge is 0.0270 e. The molecule has 2 heteroatoms. The summed E-state index contributed by atoms with van der Waals surface area (Å²) in [5.74, 6) is 0. The van der Waals surface area contributed by atoms with E-state index in [1.54, 1.807) is 0 Å². The maximum absolute atomic E-state index is 3.37. The average molecular weight is 237 g/mol. The molecule has 0 saturated heterocycles. The first kappa shape index (κ1) is 13.5. The third-order valence-corrected chi connectivity index (χ3v) is 3.92. The van der Waals surface area contributed by atoms with E-state index in [1.165, 1.54) is 9.75 Å². The molecule has 0 spiro atoms. The highest BCUT2D eigenvalue weighted by Gasteiger charge is 2.15. The van der Waals surface area contributed by atoms with Crippen molar-refractivity contribution in [3.05, 3.63) is 28.0 Å². The topological polar surface area (TPSA) is 12.0 Å². The molecule has 1 rings (SSSR count). The standard InChI is InChI=1S/C14H23NS/c1-6-15-11(2)7-8-12-9-10-13(16-12)14(3,4)5/h7-11,15H,6H2,1-5H3/b8-7+. The highest BCUT2D eigenvalue weighted by Crippen LogP contribution is 2.29. The number of thiophene rings is 1. The van der Waals surface area contributed by atoms with Crippen LogP contribution in [0.4, 0.5) is 0 Å². The summed E-state index contributed by atoms with van der Waals surface area (Å²) >= 11 is 1.89. The van der Waals surface area contributed by atoms with Crippen LogP contribution in [0.1, 0.15) is 44.4 Å². The van der Waals surface area contributed by atoms with Crippen LogP contribution in [0.5, 0.6) is 0 Å². The van der Waals surface area contributed by atoms with Crippen LogP contribution < -0.4 is 5.32 Å². The van der Waals surface area contributed by atoms with Gasteiger partial charge in [-0.15, -0.1) is 11.3 Å². The Bertz CT molecular complexity index is 344. The average Bonchev–Trinajstić information content (AvgIpc) is 2.63. The van der Waals surface area contributed by atoms with Crippen molar-refractivity contribution in [3.8, 4) is 0 Å². The Morgan fingerprint density at radius 1 is 1.38 bits per heavy atom. The first-order valence-corrected chi connectivity index (χ1v) is 6.77. The molecule has 0 aliphatic rings. The molecule has 0 fully saturated rings. The Morgan fingerprint density at radius 3 is 2.56 bits per heavy atom. The zero-order valence-electron chi connectivity index (χ0n) is 11.0. The summed E-state index contributed by atoms with van der Waals surface area (Å²) in [6.07, 6.45) is 4.44. The molecular weight excluding hydrogens is 214 g/mol. The zero-order chi connectivity index (χ0) is 12.2. The molecule has 0 amide bonds. The Morgan fingerprint density at radius 2 is 2.06 bits per heavy atom. The Hall–Kier alpha value is -0.600. The number of hydrogen-bond donors (Lipinski definition) is 1. The number of nitrogens with one attached hydrogen (secondary N) is 1. The molecular formula is C14H23NS. The molecule has 90 valence electrons. The molecule has 0 aliphatic heterocycles. The molecule has 1 aromatic heterocycles. The van der Waals surface area contributed by atoms with Gasteiger partial charge >= 0.3 is 0 Å². The van der Waals surface area contributed by atoms with Crippen molar-refractivity contribution < 1.29 is 0 Å². The van der Waals surface area contributed by atoms with E-state index in [0.29, 0.717) is 6.04 Å². The van der Waals surface area contributed by atoms with Gasteiger partial charge in [-0.1, -0.05) is 33.8 Å². The van der Waals surface area contributed by atoms with Gasteiger partial charge in [-0.2, -0.15) is 0 Å². The normalized spacial score (nSPS) is 14.6. The lowest BCUT2D eigenvalue weighted by Gasteiger charge is -2.15. The third kappa shape index (κ3) is 4.11. The van der Waals surface area contributed by atoms with Gasteiger partial charge < -0.3 is 5.32 Å². The van der Waals surface area contributed by atoms with Gasteiger partial charge in [0.2, 0.25) is 0 Å². The largest absolute Gasteiger partial charge is 0.311 e. The van der Waals surface area contributed by atoms with E-state index in [-0.39, 0.29) is 5.41 Å². The minimum atomic E-state index is 0.268. The summed E-state index contributed by atoms with van der Waals surface area (Å²) in [6.45, 7) is 12.1. The van der Waals surface area contributed by atoms with Crippen molar-refractivity contribution in [3.63, 3.8) is 0 Å². The van der Waals surface area contributed by atoms with E-state index in [1.807, 2.05) is 11.3 Å². The predicted molar refractivity (Wildman–Crippen MR) is 75.2 cm³/mol. The zero-order valence-corrected chi connectivity index (χ0v) is 11.8. The summed E-state index contributed by atoms with van der Waals surface area (Å²) in [7, 11) is 0. The van der Waals surface area contributed by atoms with Crippen LogP contribution in [-0.4, -0.2) is 12.6 Å². The SMILES string of the molecule is CCNC(C)/C=C/c1ccc(C(C)(C)C)s1. The number of likely N-dealkylation sites (N-methyl/N-ethyl adjacent to an activating group) is 1. The molecule has 0 saturated carbocycles. The lowest BCUT2D eigenvalue weighted by Crippen LogP contribution is -2.22. The van der Waals surface area contributed by atoms with E-state index in [2.05, 4.69) is 64.2 Å². The van der Waals surface area contributed by atoms with Crippen LogP contribution >= 0.6 is 11.3 Å². The summed E-state index contributed by atoms with van der Waals surface area (Å²) in [5, 5.41) is 3.37. The van der Waals surface area contributed by atoms with Gasteiger partial charge in [0, 0.05) is 15.8 Å². The highest BCUT2D eigenvalue weighted by molar-refractivity contribution is 7.13. The summed E-state index contributed by atoms with van der Waals surface area (Å²) in [6, 6.07) is 4.90. The monoisotopic (exact) mass is 237 g/mol. The summed E-state index contributed by atoms with van der Waals surface area (Å²) < 4.78 is 0. The maximum atomic E-state index is 3.37. The van der Waals surface area contributed by atoms with E-state index in [9.17, 15) is 0 Å². The molecule has 1 nitrogen and oxygen atoms in total. The van der Waals surface area contributed by atoms with Crippen molar-refractivity contribution in [1.29, 1.82) is 0 Å². The lowest BCUT2D eigenvalue weighted by molar-refractivity contribution is 0.604. The van der Waals surface area contributed by atoms with Crippen molar-refractivity contribution in [1.82, 2.24) is 5.32 Å². The van der Waals surface area contributed by atoms with Gasteiger partial charge in [0.25, 0.3) is 0 Å². The Labute approximate surface area is 104 Å². The molecule has 16 heavy (non-hydrogen) atoms. The van der Waals surface area contributed by atoms with Crippen molar-refractivity contribution in [2.24, 2.45) is 0 Å². The fraction of sp³-hybridized carbons (Fsp3) is 0.571. The van der Waals surface area contributed by atoms with Crippen LogP contribution in [-0.2, 0) is 5.41 Å². The summed E-state index contributed by atoms with van der Waals surface area (Å²) in [5.41, 5.74) is 0.268. The van der Waals surface area contributed by atoms with Gasteiger partial charge in [-0.3, -0.25) is 0 Å². The Kier molecular flexibility index (Phi) is 4.75. The van der Waals surface area contributed by atoms with E-state index in [0.717, 1.165) is 6.54 Å². The molecule has 1 unspecified atom stereocenters. The van der Waals surface area contributed by atoms with Crippen LogP contribution in [0.25, 0.3) is 6.08 Å². The van der Waals surface area contributed by atoms with Gasteiger partial charge in [0.05, 0.1) is 0 Å². The van der Waals surface area contributed by atoms with Crippen molar-refractivity contribution >= 4 is 17.4 Å². The molecule has 0 aliphatic carbocycles. The minimum absolute atomic E-state index is 0.268. The van der Waals surface area contributed by atoms with Crippen molar-refractivity contribution in [2.45, 2.75) is 46.1 Å². The molecule has 0 bridgehead atoms. The lowest BCUT2D eigenvalue weighted by atomic mass is 9.95. The first-order chi connectivity index (χ1) is 7.43. The molecule has 1 aromatic rings. The predicted octanol–water partition coefficient (Wildman–Crippen LogP) is 4.06. The second kappa shape index (κ2) is 5.65. The quantitative estimate of drug-likeness (QED) is 0.833. The molecule has 0 radical (unpaired) electrons. The molecule has 1 atom stereocenters. The van der Waals surface area contributed by atoms with Crippen LogP contribution in [0.15, 0.2) is 18.2 Å². The van der Waals surface area contributed by atoms with E-state index >= 15 is 0 Å². The third-order valence-electron chi connectivity index (χ3n) is 2.44. The fourth-order valence-electron chi connectivity index (χ4n) is 1.47. The first-order valence-electron chi connectivity index (χ1n) is 5.95. The molecule has 1 heterocycles. The van der Waals surface area contributed by atoms with Gasteiger partial charge in [-0.25, -0.2) is 0 Å². The second-order valence-electron chi connectivity index (χ2n) is 5.16. The van der Waals surface area contributed by atoms with Gasteiger partial charge in [0.1, 0.15) is 0 Å². The Balaban J connectivity index is 2.65. The van der Waals surface area contributed by atoms with Crippen LogP contribution in [0.2, 0.25) is 0 Å². The maximum Gasteiger partial charge on any atom is 0.0270 e. The second-order valence-corrected chi connectivity index (χ2v) is 6.27. The fourth-order valence-corrected chi connectivity index (χ4v) is 2.45. The number of rotatable bonds is 4. The van der Waals surface area contributed by atoms with E-state index < -0.39 is 0 Å². The van der Waals surface area contributed by atoms with Gasteiger partial charge in [-0.05, 0) is 37.1 Å². The van der Waals surface area contributed by atoms with E-state index in [4.69, 9.17) is 0 Å². The minimum Gasteiger partial charge on any atom is -0.311 e. The number of hydrogen-bond acceptors (Lipinski definition) is 2. The van der Waals surface area contributed by atoms with Gasteiger partial charge in [0.15, 0.2) is 0 Å². The van der Waals surface area contributed by atoms with Crippen molar-refractivity contribution in [2.75, 3.05) is 6.54 Å².